The minimum Gasteiger partial charge on any atom is -0.451 e. The van der Waals surface area contributed by atoms with Crippen molar-refractivity contribution in [2.75, 3.05) is 6.61 Å². The van der Waals surface area contributed by atoms with E-state index in [1.54, 1.807) is 12.2 Å². The van der Waals surface area contributed by atoms with Crippen LogP contribution in [0.25, 0.3) is 0 Å². The van der Waals surface area contributed by atoms with Crippen molar-refractivity contribution in [1.29, 1.82) is 0 Å². The first-order valence-corrected chi connectivity index (χ1v) is 10.3. The van der Waals surface area contributed by atoms with E-state index in [9.17, 15) is 24.6 Å². The van der Waals surface area contributed by atoms with Crippen LogP contribution in [0.5, 0.6) is 0 Å². The number of hydrogen-bond acceptors (Lipinski definition) is 6. The summed E-state index contributed by atoms with van der Waals surface area (Å²) < 4.78 is 5.65. The number of aliphatic hydroxyl groups is 2. The minimum absolute atomic E-state index is 0.0276. The Labute approximate surface area is 170 Å². The number of esters is 1. The Morgan fingerprint density at radius 3 is 2.66 bits per heavy atom. The molecule has 0 heterocycles. The number of hydrogen-bond donors (Lipinski definition) is 2. The zero-order valence-corrected chi connectivity index (χ0v) is 17.2. The number of allylic oxidation sites excluding steroid dienone is 5. The Morgan fingerprint density at radius 1 is 1.28 bits per heavy atom. The molecule has 0 aromatic carbocycles. The van der Waals surface area contributed by atoms with Gasteiger partial charge in [0.2, 0.25) is 5.78 Å². The second kappa shape index (κ2) is 6.47. The molecule has 0 amide bonds. The standard InChI is InChI=1S/C23H28O6/c1-13(25)29-23(19(28)12-24)9-7-17-16-5-4-14-10-15(26)6-8-21(14,2)20(16)18(27)11-22(17,23)3/h6,8,10,17-18,24,27H,4-5,7,9,11-12H2,1-3H3/t17-,18?,21-,22-,23-/m0/s1. The molecule has 1 saturated carbocycles. The van der Waals surface area contributed by atoms with Crippen molar-refractivity contribution < 1.29 is 29.3 Å². The lowest BCUT2D eigenvalue weighted by molar-refractivity contribution is -0.184. The molecule has 0 saturated heterocycles. The Bertz CT molecular complexity index is 895. The van der Waals surface area contributed by atoms with Gasteiger partial charge in [0.15, 0.2) is 11.4 Å². The van der Waals surface area contributed by atoms with Gasteiger partial charge in [0.05, 0.1) is 6.10 Å². The van der Waals surface area contributed by atoms with Crippen molar-refractivity contribution in [3.8, 4) is 0 Å². The van der Waals surface area contributed by atoms with E-state index in [0.29, 0.717) is 19.3 Å². The fourth-order valence-corrected chi connectivity index (χ4v) is 6.64. The van der Waals surface area contributed by atoms with Crippen molar-refractivity contribution in [2.24, 2.45) is 16.7 Å². The van der Waals surface area contributed by atoms with E-state index in [2.05, 4.69) is 0 Å². The number of carbonyl (C=O) groups is 3. The third kappa shape index (κ3) is 2.58. The van der Waals surface area contributed by atoms with Gasteiger partial charge in [-0.05, 0) is 62.7 Å². The van der Waals surface area contributed by atoms with Crippen LogP contribution < -0.4 is 0 Å². The van der Waals surface area contributed by atoms with E-state index >= 15 is 0 Å². The van der Waals surface area contributed by atoms with E-state index in [1.165, 1.54) is 6.92 Å². The average molecular weight is 400 g/mol. The highest BCUT2D eigenvalue weighted by Crippen LogP contribution is 2.65. The molecule has 0 aromatic heterocycles. The summed E-state index contributed by atoms with van der Waals surface area (Å²) in [6.07, 6.45) is 6.99. The van der Waals surface area contributed by atoms with E-state index in [1.807, 2.05) is 19.9 Å². The number of carbonyl (C=O) groups excluding carboxylic acids is 3. The molecule has 0 radical (unpaired) electrons. The van der Waals surface area contributed by atoms with Crippen LogP contribution >= 0.6 is 0 Å². The second-order valence-electron chi connectivity index (χ2n) is 9.28. The maximum atomic E-state index is 12.8. The predicted octanol–water partition coefficient (Wildman–Crippen LogP) is 2.19. The quantitative estimate of drug-likeness (QED) is 0.556. The summed E-state index contributed by atoms with van der Waals surface area (Å²) in [6.45, 7) is 4.51. The maximum absolute atomic E-state index is 12.8. The molecule has 156 valence electrons. The van der Waals surface area contributed by atoms with Crippen LogP contribution in [0.3, 0.4) is 0 Å². The van der Waals surface area contributed by atoms with Crippen LogP contribution in [0, 0.1) is 16.7 Å². The van der Waals surface area contributed by atoms with Gasteiger partial charge in [-0.2, -0.15) is 0 Å². The molecule has 0 aromatic rings. The monoisotopic (exact) mass is 400 g/mol. The fourth-order valence-electron chi connectivity index (χ4n) is 6.64. The van der Waals surface area contributed by atoms with Gasteiger partial charge in [-0.25, -0.2) is 0 Å². The Balaban J connectivity index is 1.85. The highest BCUT2D eigenvalue weighted by atomic mass is 16.6. The van der Waals surface area contributed by atoms with Gasteiger partial charge in [0.25, 0.3) is 0 Å². The fraction of sp³-hybridized carbons (Fsp3) is 0.609. The number of rotatable bonds is 3. The number of Topliss-reactive ketones (excluding diaryl/α,β-unsaturated/α-hetero) is 1. The second-order valence-corrected chi connectivity index (χ2v) is 9.28. The molecule has 1 fully saturated rings. The van der Waals surface area contributed by atoms with Crippen molar-refractivity contribution in [2.45, 2.75) is 64.6 Å². The Morgan fingerprint density at radius 2 is 2.00 bits per heavy atom. The summed E-state index contributed by atoms with van der Waals surface area (Å²) in [5.74, 6) is -1.11. The van der Waals surface area contributed by atoms with Crippen LogP contribution in [0.2, 0.25) is 0 Å². The molecule has 1 unspecified atom stereocenters. The summed E-state index contributed by atoms with van der Waals surface area (Å²) >= 11 is 0. The van der Waals surface area contributed by atoms with Crippen molar-refractivity contribution in [3.05, 3.63) is 34.9 Å². The first kappa shape index (κ1) is 20.2. The highest BCUT2D eigenvalue weighted by molar-refractivity contribution is 6.01. The minimum atomic E-state index is -1.42. The lowest BCUT2D eigenvalue weighted by Crippen LogP contribution is -2.58. The Kier molecular flexibility index (Phi) is 4.52. The van der Waals surface area contributed by atoms with Gasteiger partial charge < -0.3 is 14.9 Å². The molecule has 0 spiro atoms. The molecule has 4 aliphatic carbocycles. The van der Waals surface area contributed by atoms with Crippen LogP contribution in [0.15, 0.2) is 34.9 Å². The summed E-state index contributed by atoms with van der Waals surface area (Å²) in [7, 11) is 0. The van der Waals surface area contributed by atoms with E-state index in [-0.39, 0.29) is 18.1 Å². The average Bonchev–Trinajstić information content (AvgIpc) is 2.93. The molecular weight excluding hydrogens is 372 g/mol. The lowest BCUT2D eigenvalue weighted by atomic mass is 9.52. The zero-order chi connectivity index (χ0) is 21.2. The largest absolute Gasteiger partial charge is 0.451 e. The first-order valence-electron chi connectivity index (χ1n) is 10.3. The van der Waals surface area contributed by atoms with E-state index in [4.69, 9.17) is 4.74 Å². The molecular formula is C23H28O6. The van der Waals surface area contributed by atoms with Gasteiger partial charge >= 0.3 is 5.97 Å². The third-order valence-electron chi connectivity index (χ3n) is 7.89. The smallest absolute Gasteiger partial charge is 0.303 e. The summed E-state index contributed by atoms with van der Waals surface area (Å²) in [5.41, 5.74) is 0.342. The SMILES string of the molecule is CC(=O)O[C@]1(C(=O)CO)CC[C@H]2C3=C(C(O)C[C@@]21C)[C@@]1(C)C=CC(=O)C=C1CC3. The molecule has 6 nitrogen and oxygen atoms in total. The number of ether oxygens (including phenoxy) is 1. The maximum Gasteiger partial charge on any atom is 0.303 e. The van der Waals surface area contributed by atoms with Crippen molar-refractivity contribution in [3.63, 3.8) is 0 Å². The van der Waals surface area contributed by atoms with E-state index < -0.39 is 40.9 Å². The van der Waals surface area contributed by atoms with Gasteiger partial charge in [0.1, 0.15) is 6.61 Å². The molecule has 4 rings (SSSR count). The van der Waals surface area contributed by atoms with Gasteiger partial charge in [0, 0.05) is 17.8 Å². The van der Waals surface area contributed by atoms with Gasteiger partial charge in [-0.15, -0.1) is 0 Å². The summed E-state index contributed by atoms with van der Waals surface area (Å²) in [4.78, 5) is 36.6. The molecule has 29 heavy (non-hydrogen) atoms. The molecule has 6 heteroatoms. The molecule has 0 aliphatic heterocycles. The lowest BCUT2D eigenvalue weighted by Gasteiger charge is -2.53. The van der Waals surface area contributed by atoms with Crippen LogP contribution in [0.1, 0.15) is 52.9 Å². The normalized spacial score (nSPS) is 40.7. The van der Waals surface area contributed by atoms with Crippen LogP contribution in [0.4, 0.5) is 0 Å². The van der Waals surface area contributed by atoms with Crippen molar-refractivity contribution in [1.82, 2.24) is 0 Å². The highest BCUT2D eigenvalue weighted by Gasteiger charge is 2.67. The Hall–Kier alpha value is -2.05. The van der Waals surface area contributed by atoms with Crippen LogP contribution in [-0.2, 0) is 19.1 Å². The van der Waals surface area contributed by atoms with Gasteiger partial charge in [-0.3, -0.25) is 14.4 Å². The summed E-state index contributed by atoms with van der Waals surface area (Å²) in [5, 5.41) is 20.9. The number of aliphatic hydroxyl groups excluding tert-OH is 2. The molecule has 4 aliphatic rings. The van der Waals surface area contributed by atoms with Gasteiger partial charge in [-0.1, -0.05) is 24.1 Å². The first-order chi connectivity index (χ1) is 13.6. The predicted molar refractivity (Wildman–Crippen MR) is 105 cm³/mol. The zero-order valence-electron chi connectivity index (χ0n) is 17.2. The summed E-state index contributed by atoms with van der Waals surface area (Å²) in [6, 6.07) is 0. The topological polar surface area (TPSA) is 101 Å². The molecule has 5 atom stereocenters. The molecule has 2 N–H and O–H groups in total. The van der Waals surface area contributed by atoms with Crippen molar-refractivity contribution >= 4 is 17.5 Å². The number of ketones is 2. The van der Waals surface area contributed by atoms with Crippen LogP contribution in [-0.4, -0.2) is 46.1 Å². The molecule has 0 bridgehead atoms. The van der Waals surface area contributed by atoms with E-state index in [0.717, 1.165) is 23.1 Å². The third-order valence-corrected chi connectivity index (χ3v) is 7.89. The number of fused-ring (bicyclic) bond motifs is 4.